The predicted octanol–water partition coefficient (Wildman–Crippen LogP) is 3.79. The van der Waals surface area contributed by atoms with E-state index in [2.05, 4.69) is 27.3 Å². The van der Waals surface area contributed by atoms with E-state index in [1.54, 1.807) is 11.3 Å². The summed E-state index contributed by atoms with van der Waals surface area (Å²) in [5.74, 6) is 0. The Morgan fingerprint density at radius 3 is 3.21 bits per heavy atom. The zero-order valence-electron chi connectivity index (χ0n) is 13.6. The Kier molecular flexibility index (Phi) is 5.15. The Morgan fingerprint density at radius 2 is 2.38 bits per heavy atom. The Hall–Kier alpha value is -0.980. The molecule has 4 rings (SSSR count). The molecular weight excluding hydrogens is 342 g/mol. The molecule has 3 heterocycles. The first-order valence-electron chi connectivity index (χ1n) is 8.56. The van der Waals surface area contributed by atoms with E-state index >= 15 is 0 Å². The second-order valence-electron chi connectivity index (χ2n) is 6.41. The molecule has 0 saturated carbocycles. The summed E-state index contributed by atoms with van der Waals surface area (Å²) >= 11 is 7.99. The van der Waals surface area contributed by atoms with Gasteiger partial charge in [-0.15, -0.1) is 11.3 Å². The number of benzene rings is 1. The van der Waals surface area contributed by atoms with Crippen molar-refractivity contribution in [2.75, 3.05) is 26.2 Å². The van der Waals surface area contributed by atoms with Crippen LogP contribution < -0.4 is 5.32 Å². The molecule has 24 heavy (non-hydrogen) atoms. The van der Waals surface area contributed by atoms with Crippen LogP contribution in [0.25, 0.3) is 0 Å². The minimum Gasteiger partial charge on any atom is -0.371 e. The highest BCUT2D eigenvalue weighted by atomic mass is 35.5. The average Bonchev–Trinajstić information content (AvgIpc) is 3.26. The van der Waals surface area contributed by atoms with Gasteiger partial charge >= 0.3 is 0 Å². The Balaban J connectivity index is 1.49. The minimum atomic E-state index is 0.218. The molecule has 1 aromatic carbocycles. The fourth-order valence-electron chi connectivity index (χ4n) is 3.50. The number of hydrogen-bond acceptors (Lipinski definition) is 5. The van der Waals surface area contributed by atoms with E-state index in [1.807, 2.05) is 18.3 Å². The van der Waals surface area contributed by atoms with E-state index in [0.717, 1.165) is 55.7 Å². The molecule has 0 spiro atoms. The molecule has 1 aromatic heterocycles. The maximum Gasteiger partial charge on any atom is 0.122 e. The third-order valence-electron chi connectivity index (χ3n) is 4.72. The van der Waals surface area contributed by atoms with Crippen molar-refractivity contribution in [1.82, 2.24) is 15.2 Å². The quantitative estimate of drug-likeness (QED) is 0.896. The van der Waals surface area contributed by atoms with Gasteiger partial charge in [0.25, 0.3) is 0 Å². The second-order valence-corrected chi connectivity index (χ2v) is 8.00. The van der Waals surface area contributed by atoms with Crippen LogP contribution in [-0.2, 0) is 11.3 Å². The van der Waals surface area contributed by atoms with Crippen LogP contribution in [0.2, 0.25) is 5.02 Å². The van der Waals surface area contributed by atoms with Crippen LogP contribution in [0.1, 0.15) is 40.4 Å². The topological polar surface area (TPSA) is 37.4 Å². The summed E-state index contributed by atoms with van der Waals surface area (Å²) in [5.41, 5.74) is 1.28. The molecule has 2 saturated heterocycles. The molecule has 2 atom stereocenters. The minimum absolute atomic E-state index is 0.218. The summed E-state index contributed by atoms with van der Waals surface area (Å²) < 4.78 is 5.76. The molecule has 4 nitrogen and oxygen atoms in total. The van der Waals surface area contributed by atoms with Gasteiger partial charge < -0.3 is 10.1 Å². The number of rotatable bonds is 4. The predicted molar refractivity (Wildman–Crippen MR) is 97.5 cm³/mol. The molecule has 0 bridgehead atoms. The molecule has 6 heteroatoms. The van der Waals surface area contributed by atoms with Crippen molar-refractivity contribution in [2.24, 2.45) is 0 Å². The van der Waals surface area contributed by atoms with Crippen molar-refractivity contribution in [3.63, 3.8) is 0 Å². The maximum atomic E-state index is 6.19. The Bertz CT molecular complexity index is 686. The van der Waals surface area contributed by atoms with Crippen LogP contribution in [0.5, 0.6) is 0 Å². The lowest BCUT2D eigenvalue weighted by Gasteiger charge is -2.36. The van der Waals surface area contributed by atoms with Crippen molar-refractivity contribution in [1.29, 1.82) is 0 Å². The first-order valence-corrected chi connectivity index (χ1v) is 9.75. The van der Waals surface area contributed by atoms with Crippen molar-refractivity contribution in [3.8, 4) is 0 Å². The fraction of sp³-hybridized carbons (Fsp3) is 0.500. The van der Waals surface area contributed by atoms with Crippen LogP contribution in [0.3, 0.4) is 0 Å². The zero-order valence-corrected chi connectivity index (χ0v) is 15.2. The van der Waals surface area contributed by atoms with Gasteiger partial charge in [0, 0.05) is 54.9 Å². The smallest absolute Gasteiger partial charge is 0.122 e. The number of hydrogen-bond donors (Lipinski definition) is 1. The maximum absolute atomic E-state index is 6.19. The van der Waals surface area contributed by atoms with Crippen molar-refractivity contribution < 1.29 is 4.74 Å². The average molecular weight is 364 g/mol. The lowest BCUT2D eigenvalue weighted by molar-refractivity contribution is 0.111. The molecule has 2 aromatic rings. The first-order chi connectivity index (χ1) is 11.8. The van der Waals surface area contributed by atoms with E-state index in [0.29, 0.717) is 6.04 Å². The third kappa shape index (κ3) is 3.65. The summed E-state index contributed by atoms with van der Waals surface area (Å²) in [7, 11) is 0. The number of ether oxygens (including phenoxy) is 1. The zero-order chi connectivity index (χ0) is 16.4. The van der Waals surface area contributed by atoms with E-state index in [4.69, 9.17) is 16.3 Å². The summed E-state index contributed by atoms with van der Waals surface area (Å²) in [6, 6.07) is 8.57. The van der Waals surface area contributed by atoms with Gasteiger partial charge in [0.15, 0.2) is 0 Å². The van der Waals surface area contributed by atoms with Crippen molar-refractivity contribution >= 4 is 22.9 Å². The summed E-state index contributed by atoms with van der Waals surface area (Å²) in [6.45, 7) is 4.81. The number of thiazole rings is 1. The van der Waals surface area contributed by atoms with Gasteiger partial charge in [-0.2, -0.15) is 0 Å². The van der Waals surface area contributed by atoms with Crippen LogP contribution in [-0.4, -0.2) is 36.1 Å². The number of nitrogens with zero attached hydrogens (tertiary/aromatic N) is 2. The second kappa shape index (κ2) is 7.50. The van der Waals surface area contributed by atoms with Gasteiger partial charge in [0.05, 0.1) is 0 Å². The molecule has 0 amide bonds. The molecule has 2 fully saturated rings. The standard InChI is InChI=1S/C18H22ClN3OS/c19-14-4-1-3-13(9-14)16-11-20-6-7-22(16)12-15-10-21-18(24-15)17-5-2-8-23-17/h1,3-4,9-10,16-17,20H,2,5-8,11-12H2. The van der Waals surface area contributed by atoms with E-state index < -0.39 is 0 Å². The van der Waals surface area contributed by atoms with Crippen LogP contribution in [0.15, 0.2) is 30.5 Å². The summed E-state index contributed by atoms with van der Waals surface area (Å²) in [6.07, 6.45) is 4.49. The molecule has 2 aliphatic heterocycles. The number of aromatic nitrogens is 1. The van der Waals surface area contributed by atoms with E-state index in [-0.39, 0.29) is 6.10 Å². The highest BCUT2D eigenvalue weighted by Gasteiger charge is 2.26. The largest absolute Gasteiger partial charge is 0.371 e. The molecule has 2 unspecified atom stereocenters. The fourth-order valence-corrected chi connectivity index (χ4v) is 4.72. The van der Waals surface area contributed by atoms with Gasteiger partial charge in [-0.05, 0) is 30.5 Å². The van der Waals surface area contributed by atoms with Crippen LogP contribution in [0, 0.1) is 0 Å². The lowest BCUT2D eigenvalue weighted by atomic mass is 10.0. The van der Waals surface area contributed by atoms with E-state index in [9.17, 15) is 0 Å². The lowest BCUT2D eigenvalue weighted by Crippen LogP contribution is -2.45. The molecular formula is C18H22ClN3OS. The molecule has 2 aliphatic rings. The number of nitrogens with one attached hydrogen (secondary N) is 1. The van der Waals surface area contributed by atoms with Crippen LogP contribution >= 0.6 is 22.9 Å². The highest BCUT2D eigenvalue weighted by Crippen LogP contribution is 2.33. The van der Waals surface area contributed by atoms with Gasteiger partial charge in [0.1, 0.15) is 11.1 Å². The van der Waals surface area contributed by atoms with Gasteiger partial charge in [0.2, 0.25) is 0 Å². The van der Waals surface area contributed by atoms with Crippen molar-refractivity contribution in [3.05, 3.63) is 50.9 Å². The highest BCUT2D eigenvalue weighted by molar-refractivity contribution is 7.11. The molecule has 128 valence electrons. The number of halogens is 1. The van der Waals surface area contributed by atoms with Gasteiger partial charge in [-0.1, -0.05) is 23.7 Å². The molecule has 1 N–H and O–H groups in total. The summed E-state index contributed by atoms with van der Waals surface area (Å²) in [5, 5.41) is 5.44. The molecule has 0 aliphatic carbocycles. The van der Waals surface area contributed by atoms with E-state index in [1.165, 1.54) is 10.4 Å². The van der Waals surface area contributed by atoms with Gasteiger partial charge in [-0.25, -0.2) is 4.98 Å². The van der Waals surface area contributed by atoms with Crippen LogP contribution in [0.4, 0.5) is 0 Å². The third-order valence-corrected chi connectivity index (χ3v) is 6.03. The summed E-state index contributed by atoms with van der Waals surface area (Å²) in [4.78, 5) is 8.44. The first kappa shape index (κ1) is 16.5. The normalized spacial score (nSPS) is 25.2. The number of piperazine rings is 1. The Labute approximate surface area is 151 Å². The van der Waals surface area contributed by atoms with Crippen molar-refractivity contribution in [2.45, 2.75) is 31.5 Å². The van der Waals surface area contributed by atoms with Gasteiger partial charge in [-0.3, -0.25) is 4.90 Å². The SMILES string of the molecule is Clc1cccc(C2CNCCN2Cc2cnc(C3CCCO3)s2)c1. The molecule has 0 radical (unpaired) electrons. The monoisotopic (exact) mass is 363 g/mol. The Morgan fingerprint density at radius 1 is 1.42 bits per heavy atom.